The van der Waals surface area contributed by atoms with Crippen molar-refractivity contribution in [2.45, 2.75) is 59.0 Å². The molecule has 2 aromatic heterocycles. The molecule has 19 heteroatoms. The minimum atomic E-state index is -0.693. The molecule has 6 amide bonds. The number of rotatable bonds is 16. The predicted molar refractivity (Wildman–Crippen MR) is 177 cm³/mol. The Kier molecular flexibility index (Phi) is 14.8. The molecule has 2 aromatic rings. The molecule has 1 unspecified atom stereocenters. The van der Waals surface area contributed by atoms with Crippen molar-refractivity contribution in [2.24, 2.45) is 0 Å². The first-order chi connectivity index (χ1) is 22.4. The normalized spacial score (nSPS) is 11.9. The zero-order chi connectivity index (χ0) is 35.9. The Morgan fingerprint density at radius 2 is 1.35 bits per heavy atom. The fourth-order valence-corrected chi connectivity index (χ4v) is 4.06. The number of anilines is 2. The summed E-state index contributed by atoms with van der Waals surface area (Å²) in [6.45, 7) is 10.3. The third-order valence-electron chi connectivity index (χ3n) is 6.76. The average molecular weight is 679 g/mol. The third kappa shape index (κ3) is 16.4. The number of quaternary nitrogens is 1. The van der Waals surface area contributed by atoms with Gasteiger partial charge >= 0.3 is 24.2 Å². The maximum Gasteiger partial charge on any atom is 0.407 e. The Morgan fingerprint density at radius 3 is 1.90 bits per heavy atom. The smallest absolute Gasteiger partial charge is 0.407 e. The molecule has 0 aliphatic rings. The van der Waals surface area contributed by atoms with E-state index in [-0.39, 0.29) is 55.4 Å². The van der Waals surface area contributed by atoms with E-state index in [0.717, 1.165) is 0 Å². The van der Waals surface area contributed by atoms with Crippen LogP contribution in [0.4, 0.5) is 31.1 Å². The van der Waals surface area contributed by atoms with Crippen LogP contribution >= 0.6 is 0 Å². The maximum atomic E-state index is 12.3. The summed E-state index contributed by atoms with van der Waals surface area (Å²) >= 11 is 0. The van der Waals surface area contributed by atoms with Crippen LogP contribution in [0.2, 0.25) is 0 Å². The summed E-state index contributed by atoms with van der Waals surface area (Å²) in [6.07, 6.45) is -0.372. The summed E-state index contributed by atoms with van der Waals surface area (Å²) in [7, 11) is 3.82. The first-order valence-corrected chi connectivity index (χ1v) is 15.4. The molecule has 266 valence electrons. The lowest BCUT2D eigenvalue weighted by molar-refractivity contribution is -0.890. The van der Waals surface area contributed by atoms with Crippen molar-refractivity contribution in [1.82, 2.24) is 41.2 Å². The topological polar surface area (TPSA) is 250 Å². The molecule has 2 heterocycles. The van der Waals surface area contributed by atoms with E-state index in [1.807, 2.05) is 14.1 Å². The molecule has 0 spiro atoms. The second kappa shape index (κ2) is 18.2. The first kappa shape index (κ1) is 39.0. The van der Waals surface area contributed by atoms with Crippen molar-refractivity contribution >= 4 is 36.1 Å². The summed E-state index contributed by atoms with van der Waals surface area (Å²) in [4.78, 5) is 84.6. The van der Waals surface area contributed by atoms with Crippen molar-refractivity contribution in [1.29, 1.82) is 0 Å². The molecule has 2 rings (SSSR count). The molecule has 0 bridgehead atoms. The highest BCUT2D eigenvalue weighted by molar-refractivity contribution is 5.88. The van der Waals surface area contributed by atoms with Crippen molar-refractivity contribution in [2.75, 3.05) is 64.1 Å². The van der Waals surface area contributed by atoms with Crippen LogP contribution < -0.4 is 43.0 Å². The van der Waals surface area contributed by atoms with Gasteiger partial charge in [-0.3, -0.25) is 30.2 Å². The van der Waals surface area contributed by atoms with Gasteiger partial charge in [0.05, 0.1) is 14.1 Å². The lowest BCUT2D eigenvalue weighted by Gasteiger charge is -2.29. The number of ether oxygens (including phenoxy) is 2. The van der Waals surface area contributed by atoms with Gasteiger partial charge in [0.25, 0.3) is 11.1 Å². The summed E-state index contributed by atoms with van der Waals surface area (Å²) in [5.74, 6) is 0.0680. The molecule has 19 nitrogen and oxygen atoms in total. The standard InChI is InChI=1S/C29H47N11O8/c1-18(8-10-30-25(43)37-23-32-19(2)16-21(41)35-23)34-28(46)48-15-13-40(6,7)12-14-47-27(45)31-11-9-29(4,5)39-26(44)38-24-33-20(3)17-22(42)36-24/h16-18H,8-15H2,1-7H3,(H7-,30,31,32,33,34,35,36,37,38,39,41,42,43,44,45,46)/p+1. The Bertz CT molecular complexity index is 1520. The number of nitrogens with zero attached hydrogens (tertiary/aromatic N) is 3. The number of amides is 6. The van der Waals surface area contributed by atoms with Gasteiger partial charge in [0, 0.05) is 48.2 Å². The largest absolute Gasteiger partial charge is 0.444 e. The lowest BCUT2D eigenvalue weighted by Crippen LogP contribution is -2.48. The molecule has 8 N–H and O–H groups in total. The van der Waals surface area contributed by atoms with Gasteiger partial charge in [0.2, 0.25) is 11.9 Å². The van der Waals surface area contributed by atoms with Crippen LogP contribution in [0.5, 0.6) is 0 Å². The van der Waals surface area contributed by atoms with Gasteiger partial charge in [0.15, 0.2) is 0 Å². The second-order valence-electron chi connectivity index (χ2n) is 12.5. The highest BCUT2D eigenvalue weighted by Crippen LogP contribution is 2.08. The SMILES string of the molecule is Cc1cc(=O)[nH]c(NC(=O)NCCC(C)NC(=O)OCC[N+](C)(C)CCOC(=O)NCCC(C)(C)NC(=O)Nc2nc(C)cc(=O)[nH]2)n1. The Balaban J connectivity index is 1.56. The van der Waals surface area contributed by atoms with Gasteiger partial charge in [-0.1, -0.05) is 0 Å². The zero-order valence-corrected chi connectivity index (χ0v) is 28.5. The Morgan fingerprint density at radius 1 is 0.833 bits per heavy atom. The van der Waals surface area contributed by atoms with Gasteiger partial charge in [-0.15, -0.1) is 0 Å². The van der Waals surface area contributed by atoms with Crippen LogP contribution in [0.15, 0.2) is 21.7 Å². The number of likely N-dealkylation sites (N-methyl/N-ethyl adjacent to an activating group) is 1. The quantitative estimate of drug-likeness (QED) is 0.116. The summed E-state index contributed by atoms with van der Waals surface area (Å²) < 4.78 is 11.0. The number of carbonyl (C=O) groups excluding carboxylic acids is 4. The molecule has 0 fully saturated rings. The molecule has 0 aliphatic heterocycles. The zero-order valence-electron chi connectivity index (χ0n) is 28.5. The van der Waals surface area contributed by atoms with E-state index < -0.39 is 29.8 Å². The van der Waals surface area contributed by atoms with Crippen molar-refractivity contribution < 1.29 is 33.1 Å². The molecule has 48 heavy (non-hydrogen) atoms. The average Bonchev–Trinajstić information content (AvgIpc) is 2.91. The summed E-state index contributed by atoms with van der Waals surface area (Å²) in [5.41, 5.74) is -0.520. The van der Waals surface area contributed by atoms with Gasteiger partial charge in [-0.05, 0) is 47.5 Å². The second-order valence-corrected chi connectivity index (χ2v) is 12.5. The highest BCUT2D eigenvalue weighted by atomic mass is 16.6. The number of hydrogen-bond donors (Lipinski definition) is 8. The lowest BCUT2D eigenvalue weighted by atomic mass is 10.0. The van der Waals surface area contributed by atoms with E-state index >= 15 is 0 Å². The number of urea groups is 2. The van der Waals surface area contributed by atoms with Crippen LogP contribution in [0, 0.1) is 13.8 Å². The molecule has 1 atom stereocenters. The minimum absolute atomic E-state index is 0.0309. The Hall–Kier alpha value is -5.20. The Labute approximate surface area is 277 Å². The molecular formula is C29H48N11O8+. The first-order valence-electron chi connectivity index (χ1n) is 15.4. The van der Waals surface area contributed by atoms with E-state index in [1.54, 1.807) is 34.6 Å². The van der Waals surface area contributed by atoms with Crippen LogP contribution in [0.3, 0.4) is 0 Å². The number of alkyl carbamates (subject to hydrolysis) is 2. The molecular weight excluding hydrogens is 630 g/mol. The fraction of sp³-hybridized carbons (Fsp3) is 0.586. The predicted octanol–water partition coefficient (Wildman–Crippen LogP) is 0.889. The molecule has 0 aromatic carbocycles. The number of aryl methyl sites for hydroxylation is 2. The minimum Gasteiger partial charge on any atom is -0.444 e. The van der Waals surface area contributed by atoms with E-state index in [2.05, 4.69) is 51.8 Å². The van der Waals surface area contributed by atoms with Gasteiger partial charge in [-0.2, -0.15) is 0 Å². The monoisotopic (exact) mass is 678 g/mol. The summed E-state index contributed by atoms with van der Waals surface area (Å²) in [6, 6.07) is 1.23. The van der Waals surface area contributed by atoms with E-state index in [0.29, 0.717) is 41.8 Å². The van der Waals surface area contributed by atoms with Gasteiger partial charge in [0.1, 0.15) is 26.3 Å². The van der Waals surface area contributed by atoms with E-state index in [1.165, 1.54) is 12.1 Å². The van der Waals surface area contributed by atoms with Crippen molar-refractivity contribution in [3.05, 3.63) is 44.2 Å². The van der Waals surface area contributed by atoms with E-state index in [9.17, 15) is 28.8 Å². The van der Waals surface area contributed by atoms with Crippen molar-refractivity contribution in [3.63, 3.8) is 0 Å². The third-order valence-corrected chi connectivity index (χ3v) is 6.76. The van der Waals surface area contributed by atoms with Gasteiger partial charge in [-0.25, -0.2) is 29.1 Å². The maximum absolute atomic E-state index is 12.3. The number of nitrogens with one attached hydrogen (secondary N) is 8. The van der Waals surface area contributed by atoms with Crippen LogP contribution in [0.25, 0.3) is 0 Å². The van der Waals surface area contributed by atoms with E-state index in [4.69, 9.17) is 9.47 Å². The van der Waals surface area contributed by atoms with Gasteiger partial charge < -0.3 is 35.2 Å². The fourth-order valence-electron chi connectivity index (χ4n) is 4.06. The number of aromatic amines is 2. The highest BCUT2D eigenvalue weighted by Gasteiger charge is 2.22. The summed E-state index contributed by atoms with van der Waals surface area (Å²) in [5, 5.41) is 15.7. The van der Waals surface area contributed by atoms with Crippen LogP contribution in [0.1, 0.15) is 45.0 Å². The number of carbonyl (C=O) groups is 4. The molecule has 0 radical (unpaired) electrons. The number of aromatic nitrogens is 4. The molecule has 0 saturated carbocycles. The van der Waals surface area contributed by atoms with Crippen molar-refractivity contribution in [3.8, 4) is 0 Å². The van der Waals surface area contributed by atoms with Crippen LogP contribution in [-0.2, 0) is 9.47 Å². The molecule has 0 aliphatic carbocycles. The number of hydrogen-bond acceptors (Lipinski definition) is 10. The number of H-pyrrole nitrogens is 2. The molecule has 0 saturated heterocycles. The van der Waals surface area contributed by atoms with Crippen LogP contribution in [-0.4, -0.2) is 114 Å².